The molecular weight excluding hydrogens is 258 g/mol. The molecule has 0 aliphatic carbocycles. The first-order valence-corrected chi connectivity index (χ1v) is 6.82. The van der Waals surface area contributed by atoms with Gasteiger partial charge in [-0.05, 0) is 23.3 Å². The highest BCUT2D eigenvalue weighted by molar-refractivity contribution is 6.30. The average Bonchev–Trinajstić information content (AvgIpc) is 2.91. The van der Waals surface area contributed by atoms with Crippen LogP contribution in [0.1, 0.15) is 17.2 Å². The number of ether oxygens (including phenoxy) is 1. The summed E-state index contributed by atoms with van der Waals surface area (Å²) in [7, 11) is 0. The number of halogens is 1. The largest absolute Gasteiger partial charge is 0.357 e. The summed E-state index contributed by atoms with van der Waals surface area (Å²) in [5, 5.41) is 0.781. The van der Waals surface area contributed by atoms with Crippen molar-refractivity contribution in [1.29, 1.82) is 0 Å². The van der Waals surface area contributed by atoms with E-state index in [2.05, 4.69) is 41.3 Å². The summed E-state index contributed by atoms with van der Waals surface area (Å²) < 4.78 is 5.85. The molecule has 1 heterocycles. The van der Waals surface area contributed by atoms with Crippen LogP contribution in [-0.2, 0) is 11.3 Å². The van der Waals surface area contributed by atoms with Gasteiger partial charge in [0.1, 0.15) is 6.73 Å². The summed E-state index contributed by atoms with van der Waals surface area (Å²) in [6.45, 7) is 2.52. The molecule has 1 fully saturated rings. The van der Waals surface area contributed by atoms with Crippen molar-refractivity contribution >= 4 is 11.6 Å². The van der Waals surface area contributed by atoms with E-state index >= 15 is 0 Å². The Bertz CT molecular complexity index is 526. The van der Waals surface area contributed by atoms with E-state index in [1.165, 1.54) is 11.1 Å². The van der Waals surface area contributed by atoms with Crippen LogP contribution in [0.2, 0.25) is 5.02 Å². The summed E-state index contributed by atoms with van der Waals surface area (Å²) in [5.41, 5.74) is 2.52. The average molecular weight is 274 g/mol. The molecule has 1 atom stereocenters. The molecule has 98 valence electrons. The molecule has 1 saturated heterocycles. The minimum absolute atomic E-state index is 0.188. The third-order valence-corrected chi connectivity index (χ3v) is 3.63. The van der Waals surface area contributed by atoms with Crippen LogP contribution in [0.4, 0.5) is 0 Å². The maximum absolute atomic E-state index is 5.89. The smallest absolute Gasteiger partial charge is 0.100 e. The van der Waals surface area contributed by atoms with E-state index in [0.29, 0.717) is 6.73 Å². The van der Waals surface area contributed by atoms with Crippen LogP contribution in [0, 0.1) is 0 Å². The molecule has 0 spiro atoms. The van der Waals surface area contributed by atoms with Crippen molar-refractivity contribution in [2.24, 2.45) is 0 Å². The molecule has 0 N–H and O–H groups in total. The number of benzene rings is 2. The van der Waals surface area contributed by atoms with Gasteiger partial charge in [0.2, 0.25) is 0 Å². The highest BCUT2D eigenvalue weighted by Crippen LogP contribution is 2.25. The molecule has 3 heteroatoms. The maximum atomic E-state index is 5.89. The van der Waals surface area contributed by atoms with Crippen molar-refractivity contribution in [3.05, 3.63) is 70.7 Å². The minimum atomic E-state index is 0.188. The molecular formula is C16H16ClNO. The molecule has 0 radical (unpaired) electrons. The lowest BCUT2D eigenvalue weighted by molar-refractivity contribution is 0.0880. The van der Waals surface area contributed by atoms with Crippen molar-refractivity contribution < 1.29 is 4.74 Å². The Labute approximate surface area is 118 Å². The van der Waals surface area contributed by atoms with Crippen LogP contribution in [0.3, 0.4) is 0 Å². The zero-order chi connectivity index (χ0) is 13.1. The molecule has 1 unspecified atom stereocenters. The minimum Gasteiger partial charge on any atom is -0.357 e. The normalized spacial score (nSPS) is 19.7. The Hall–Kier alpha value is -1.35. The molecule has 1 aliphatic rings. The molecule has 0 amide bonds. The summed E-state index contributed by atoms with van der Waals surface area (Å²) >= 11 is 5.89. The molecule has 2 aromatic carbocycles. The molecule has 0 bridgehead atoms. The molecule has 0 aromatic heterocycles. The fourth-order valence-electron chi connectivity index (χ4n) is 2.36. The lowest BCUT2D eigenvalue weighted by atomic mass is 10.1. The Kier molecular flexibility index (Phi) is 3.83. The van der Waals surface area contributed by atoms with Gasteiger partial charge in [0, 0.05) is 18.1 Å². The zero-order valence-corrected chi connectivity index (χ0v) is 11.4. The quantitative estimate of drug-likeness (QED) is 0.842. The number of rotatable bonds is 3. The summed E-state index contributed by atoms with van der Waals surface area (Å²) in [6.07, 6.45) is 0.188. The summed E-state index contributed by atoms with van der Waals surface area (Å²) in [4.78, 5) is 2.31. The maximum Gasteiger partial charge on any atom is 0.100 e. The highest BCUT2D eigenvalue weighted by Gasteiger charge is 2.24. The lowest BCUT2D eigenvalue weighted by Gasteiger charge is -2.13. The third-order valence-electron chi connectivity index (χ3n) is 3.37. The van der Waals surface area contributed by atoms with Gasteiger partial charge in [-0.2, -0.15) is 0 Å². The highest BCUT2D eigenvalue weighted by atomic mass is 35.5. The van der Waals surface area contributed by atoms with Gasteiger partial charge >= 0.3 is 0 Å². The van der Waals surface area contributed by atoms with Crippen LogP contribution in [0.15, 0.2) is 54.6 Å². The Balaban J connectivity index is 1.62. The second-order valence-corrected chi connectivity index (χ2v) is 5.27. The predicted octanol–water partition coefficient (Wildman–Crippen LogP) is 3.87. The van der Waals surface area contributed by atoms with Gasteiger partial charge in [-0.1, -0.05) is 54.1 Å². The van der Waals surface area contributed by atoms with E-state index in [1.807, 2.05) is 18.2 Å². The first-order chi connectivity index (χ1) is 9.31. The molecule has 19 heavy (non-hydrogen) atoms. The van der Waals surface area contributed by atoms with Crippen molar-refractivity contribution in [3.63, 3.8) is 0 Å². The van der Waals surface area contributed by atoms with Gasteiger partial charge < -0.3 is 4.74 Å². The Morgan fingerprint density at radius 1 is 1.05 bits per heavy atom. The van der Waals surface area contributed by atoms with Crippen LogP contribution in [-0.4, -0.2) is 18.2 Å². The van der Waals surface area contributed by atoms with E-state index in [4.69, 9.17) is 16.3 Å². The van der Waals surface area contributed by atoms with Gasteiger partial charge in [-0.25, -0.2) is 0 Å². The van der Waals surface area contributed by atoms with Crippen LogP contribution >= 0.6 is 11.6 Å². The zero-order valence-electron chi connectivity index (χ0n) is 10.6. The van der Waals surface area contributed by atoms with Crippen LogP contribution in [0.5, 0.6) is 0 Å². The monoisotopic (exact) mass is 273 g/mol. The Morgan fingerprint density at radius 3 is 2.53 bits per heavy atom. The van der Waals surface area contributed by atoms with Crippen molar-refractivity contribution in [3.8, 4) is 0 Å². The van der Waals surface area contributed by atoms with Gasteiger partial charge in [0.15, 0.2) is 0 Å². The van der Waals surface area contributed by atoms with Gasteiger partial charge in [-0.15, -0.1) is 0 Å². The van der Waals surface area contributed by atoms with Crippen LogP contribution < -0.4 is 0 Å². The van der Waals surface area contributed by atoms with Gasteiger partial charge in [-0.3, -0.25) is 4.90 Å². The lowest BCUT2D eigenvalue weighted by Crippen LogP contribution is -2.19. The number of nitrogens with zero attached hydrogens (tertiary/aromatic N) is 1. The van der Waals surface area contributed by atoms with Crippen molar-refractivity contribution in [2.75, 3.05) is 13.3 Å². The second-order valence-electron chi connectivity index (χ2n) is 4.83. The fourth-order valence-corrected chi connectivity index (χ4v) is 2.49. The van der Waals surface area contributed by atoms with E-state index in [0.717, 1.165) is 18.1 Å². The molecule has 1 aliphatic heterocycles. The predicted molar refractivity (Wildman–Crippen MR) is 77.0 cm³/mol. The van der Waals surface area contributed by atoms with E-state index < -0.39 is 0 Å². The summed E-state index contributed by atoms with van der Waals surface area (Å²) in [6, 6.07) is 18.4. The van der Waals surface area contributed by atoms with E-state index in [-0.39, 0.29) is 6.10 Å². The van der Waals surface area contributed by atoms with Gasteiger partial charge in [0.25, 0.3) is 0 Å². The van der Waals surface area contributed by atoms with Crippen molar-refractivity contribution in [2.45, 2.75) is 12.6 Å². The van der Waals surface area contributed by atoms with Crippen LogP contribution in [0.25, 0.3) is 0 Å². The Morgan fingerprint density at radius 2 is 1.79 bits per heavy atom. The number of hydrogen-bond acceptors (Lipinski definition) is 2. The molecule has 2 nitrogen and oxygen atoms in total. The topological polar surface area (TPSA) is 12.5 Å². The first kappa shape index (κ1) is 12.7. The van der Waals surface area contributed by atoms with Crippen molar-refractivity contribution in [1.82, 2.24) is 4.90 Å². The molecule has 2 aromatic rings. The SMILES string of the molecule is Clc1ccc(CN2COC(c3ccccc3)C2)cc1. The molecule has 3 rings (SSSR count). The molecule has 0 saturated carbocycles. The number of hydrogen-bond donors (Lipinski definition) is 0. The fraction of sp³-hybridized carbons (Fsp3) is 0.250. The summed E-state index contributed by atoms with van der Waals surface area (Å²) in [5.74, 6) is 0. The standard InChI is InChI=1S/C16H16ClNO/c17-15-8-6-13(7-9-15)10-18-11-16(19-12-18)14-4-2-1-3-5-14/h1-9,16H,10-12H2. The third kappa shape index (κ3) is 3.16. The van der Waals surface area contributed by atoms with Gasteiger partial charge in [0.05, 0.1) is 6.10 Å². The van der Waals surface area contributed by atoms with E-state index in [1.54, 1.807) is 0 Å². The van der Waals surface area contributed by atoms with E-state index in [9.17, 15) is 0 Å². The first-order valence-electron chi connectivity index (χ1n) is 6.44. The second kappa shape index (κ2) is 5.74.